The van der Waals surface area contributed by atoms with E-state index < -0.39 is 5.91 Å². The van der Waals surface area contributed by atoms with Crippen molar-refractivity contribution in [1.29, 1.82) is 0 Å². The summed E-state index contributed by atoms with van der Waals surface area (Å²) in [4.78, 5) is 23.3. The Morgan fingerprint density at radius 3 is 2.83 bits per heavy atom. The number of para-hydroxylation sites is 1. The molecule has 18 heavy (non-hydrogen) atoms. The first kappa shape index (κ1) is 11.0. The molecule has 0 radical (unpaired) electrons. The molecule has 0 saturated carbocycles. The van der Waals surface area contributed by atoms with Crippen LogP contribution in [0.25, 0.3) is 10.9 Å². The molecule has 92 valence electrons. The fourth-order valence-corrected chi connectivity index (χ4v) is 2.81. The molecule has 2 N–H and O–H groups in total. The molecule has 1 amide bonds. The van der Waals surface area contributed by atoms with Crippen LogP contribution in [0.2, 0.25) is 0 Å². The third kappa shape index (κ3) is 1.53. The lowest BCUT2D eigenvalue weighted by molar-refractivity contribution is -0.118. The van der Waals surface area contributed by atoms with Crippen LogP contribution < -0.4 is 5.73 Å². The molecule has 0 unspecified atom stereocenters. The van der Waals surface area contributed by atoms with Crippen molar-refractivity contribution in [2.45, 2.75) is 25.8 Å². The number of primary amides is 1. The number of aromatic nitrogens is 1. The quantitative estimate of drug-likeness (QED) is 0.870. The number of carbonyl (C=O) groups excluding carboxylic acids is 2. The molecule has 0 bridgehead atoms. The zero-order chi connectivity index (χ0) is 12.7. The molecular formula is C14H14N2O2. The van der Waals surface area contributed by atoms with Crippen LogP contribution in [-0.2, 0) is 17.8 Å². The monoisotopic (exact) mass is 242 g/mol. The molecule has 0 saturated heterocycles. The first-order chi connectivity index (χ1) is 8.68. The Morgan fingerprint density at radius 1 is 1.28 bits per heavy atom. The van der Waals surface area contributed by atoms with Gasteiger partial charge >= 0.3 is 0 Å². The Labute approximate surface area is 104 Å². The van der Waals surface area contributed by atoms with Crippen LogP contribution in [0.5, 0.6) is 0 Å². The van der Waals surface area contributed by atoms with Gasteiger partial charge in [0.05, 0.1) is 5.69 Å². The van der Waals surface area contributed by atoms with Crippen LogP contribution in [-0.4, -0.2) is 16.3 Å². The number of nitrogens with zero attached hydrogens (tertiary/aromatic N) is 1. The van der Waals surface area contributed by atoms with Crippen molar-refractivity contribution in [3.8, 4) is 0 Å². The summed E-state index contributed by atoms with van der Waals surface area (Å²) in [7, 11) is 0. The third-order valence-corrected chi connectivity index (χ3v) is 3.48. The van der Waals surface area contributed by atoms with E-state index in [1.54, 1.807) is 4.57 Å². The zero-order valence-corrected chi connectivity index (χ0v) is 9.98. The van der Waals surface area contributed by atoms with Crippen LogP contribution in [0.15, 0.2) is 24.3 Å². The van der Waals surface area contributed by atoms with Crippen LogP contribution in [0.3, 0.4) is 0 Å². The molecule has 1 aliphatic carbocycles. The van der Waals surface area contributed by atoms with Gasteiger partial charge < -0.3 is 10.3 Å². The highest BCUT2D eigenvalue weighted by Crippen LogP contribution is 2.31. The second-order valence-corrected chi connectivity index (χ2v) is 4.67. The van der Waals surface area contributed by atoms with Crippen molar-refractivity contribution in [3.05, 3.63) is 35.5 Å². The van der Waals surface area contributed by atoms with Crippen molar-refractivity contribution >= 4 is 22.6 Å². The average molecular weight is 242 g/mol. The van der Waals surface area contributed by atoms with Crippen molar-refractivity contribution in [2.75, 3.05) is 0 Å². The molecule has 0 aliphatic heterocycles. The van der Waals surface area contributed by atoms with Crippen molar-refractivity contribution in [3.63, 3.8) is 0 Å². The van der Waals surface area contributed by atoms with Gasteiger partial charge in [0.1, 0.15) is 6.54 Å². The van der Waals surface area contributed by atoms with Gasteiger partial charge in [0.15, 0.2) is 5.78 Å². The molecule has 1 aromatic carbocycles. The summed E-state index contributed by atoms with van der Waals surface area (Å²) < 4.78 is 1.77. The van der Waals surface area contributed by atoms with Gasteiger partial charge in [-0.2, -0.15) is 0 Å². The normalized spacial score (nSPS) is 14.8. The second kappa shape index (κ2) is 3.98. The summed E-state index contributed by atoms with van der Waals surface area (Å²) in [5.74, 6) is -0.300. The number of nitrogens with two attached hydrogens (primary N) is 1. The summed E-state index contributed by atoms with van der Waals surface area (Å²) >= 11 is 0. The van der Waals surface area contributed by atoms with Gasteiger partial charge in [0.2, 0.25) is 5.91 Å². The summed E-state index contributed by atoms with van der Waals surface area (Å²) in [5.41, 5.74) is 7.96. The number of fused-ring (bicyclic) bond motifs is 3. The molecule has 0 fully saturated rings. The smallest absolute Gasteiger partial charge is 0.237 e. The molecule has 1 aliphatic rings. The summed E-state index contributed by atoms with van der Waals surface area (Å²) in [5, 5.41) is 1.07. The Kier molecular flexibility index (Phi) is 2.44. The fourth-order valence-electron chi connectivity index (χ4n) is 2.81. The van der Waals surface area contributed by atoms with Gasteiger partial charge in [-0.25, -0.2) is 0 Å². The van der Waals surface area contributed by atoms with Gasteiger partial charge in [0.25, 0.3) is 0 Å². The molecule has 4 heteroatoms. The van der Waals surface area contributed by atoms with Gasteiger partial charge in [-0.1, -0.05) is 18.2 Å². The molecule has 0 spiro atoms. The van der Waals surface area contributed by atoms with E-state index in [0.717, 1.165) is 29.3 Å². The van der Waals surface area contributed by atoms with Crippen molar-refractivity contribution in [1.82, 2.24) is 4.57 Å². The SMILES string of the molecule is NC(=O)Cn1c2c(c3ccccc31)CCCC2=O. The number of rotatable bonds is 2. The van der Waals surface area contributed by atoms with Crippen LogP contribution >= 0.6 is 0 Å². The number of hydrogen-bond donors (Lipinski definition) is 1. The maximum atomic E-state index is 12.1. The average Bonchev–Trinajstić information content (AvgIpc) is 2.66. The topological polar surface area (TPSA) is 65.1 Å². The molecule has 1 aromatic heterocycles. The van der Waals surface area contributed by atoms with Gasteiger partial charge in [-0.05, 0) is 24.5 Å². The van der Waals surface area contributed by atoms with E-state index in [1.807, 2.05) is 24.3 Å². The second-order valence-electron chi connectivity index (χ2n) is 4.67. The molecule has 2 aromatic rings. The Bertz CT molecular complexity index is 655. The third-order valence-electron chi connectivity index (χ3n) is 3.48. The number of Topliss-reactive ketones (excluding diaryl/α,β-unsaturated/α-hetero) is 1. The minimum Gasteiger partial charge on any atom is -0.368 e. The highest BCUT2D eigenvalue weighted by atomic mass is 16.1. The number of amides is 1. The highest BCUT2D eigenvalue weighted by molar-refractivity contribution is 6.04. The summed E-state index contributed by atoms with van der Waals surface area (Å²) in [6.45, 7) is 0.0710. The molecular weight excluding hydrogens is 228 g/mol. The van der Waals surface area contributed by atoms with Crippen LogP contribution in [0.1, 0.15) is 28.9 Å². The van der Waals surface area contributed by atoms with Gasteiger partial charge in [-0.15, -0.1) is 0 Å². The van der Waals surface area contributed by atoms with Crippen molar-refractivity contribution in [2.24, 2.45) is 5.73 Å². The van der Waals surface area contributed by atoms with E-state index in [-0.39, 0.29) is 12.3 Å². The van der Waals surface area contributed by atoms with E-state index in [2.05, 4.69) is 0 Å². The maximum absolute atomic E-state index is 12.1. The summed E-state index contributed by atoms with van der Waals surface area (Å²) in [6, 6.07) is 7.81. The van der Waals surface area contributed by atoms with Crippen LogP contribution in [0, 0.1) is 0 Å². The number of benzene rings is 1. The lowest BCUT2D eigenvalue weighted by atomic mass is 9.94. The standard InChI is InChI=1S/C14H14N2O2/c15-13(18)8-16-11-6-2-1-4-9(11)10-5-3-7-12(17)14(10)16/h1-2,4,6H,3,5,7-8H2,(H2,15,18). The zero-order valence-electron chi connectivity index (χ0n) is 9.98. The first-order valence-electron chi connectivity index (χ1n) is 6.10. The first-order valence-corrected chi connectivity index (χ1v) is 6.10. The predicted octanol–water partition coefficient (Wildman–Crippen LogP) is 1.65. The Balaban J connectivity index is 2.34. The number of hydrogen-bond acceptors (Lipinski definition) is 2. The number of carbonyl (C=O) groups is 2. The van der Waals surface area contributed by atoms with Crippen molar-refractivity contribution < 1.29 is 9.59 Å². The van der Waals surface area contributed by atoms with E-state index >= 15 is 0 Å². The molecule has 1 heterocycles. The van der Waals surface area contributed by atoms with Gasteiger partial charge in [0, 0.05) is 17.3 Å². The fraction of sp³-hybridized carbons (Fsp3) is 0.286. The Morgan fingerprint density at radius 2 is 2.06 bits per heavy atom. The lowest BCUT2D eigenvalue weighted by Crippen LogP contribution is -2.23. The largest absolute Gasteiger partial charge is 0.368 e. The van der Waals surface area contributed by atoms with Gasteiger partial charge in [-0.3, -0.25) is 9.59 Å². The Hall–Kier alpha value is -2.10. The minimum absolute atomic E-state index is 0.0710. The number of aryl methyl sites for hydroxylation is 1. The van der Waals surface area contributed by atoms with E-state index in [9.17, 15) is 9.59 Å². The summed E-state index contributed by atoms with van der Waals surface area (Å²) in [6.07, 6.45) is 2.34. The number of ketones is 1. The van der Waals surface area contributed by atoms with E-state index in [4.69, 9.17) is 5.73 Å². The minimum atomic E-state index is -0.420. The van der Waals surface area contributed by atoms with Crippen LogP contribution in [0.4, 0.5) is 0 Å². The highest BCUT2D eigenvalue weighted by Gasteiger charge is 2.25. The van der Waals surface area contributed by atoms with E-state index in [0.29, 0.717) is 12.1 Å². The molecule has 4 nitrogen and oxygen atoms in total. The predicted molar refractivity (Wildman–Crippen MR) is 68.4 cm³/mol. The lowest BCUT2D eigenvalue weighted by Gasteiger charge is -2.13. The maximum Gasteiger partial charge on any atom is 0.237 e. The molecule has 0 atom stereocenters. The van der Waals surface area contributed by atoms with E-state index in [1.165, 1.54) is 0 Å². The molecule has 3 rings (SSSR count).